The number of hydrogen-bond donors (Lipinski definition) is 1. The SMILES string of the molecule is Cc1ncc(C(CNC(=O)c2cccc(Cl)c2Cl)CC2(C(F)(F)F)CC2)cn1. The van der Waals surface area contributed by atoms with Crippen LogP contribution >= 0.6 is 23.2 Å². The third kappa shape index (κ3) is 4.41. The van der Waals surface area contributed by atoms with Crippen molar-refractivity contribution in [2.24, 2.45) is 5.41 Å². The second-order valence-electron chi connectivity index (χ2n) is 7.05. The first-order valence-corrected chi connectivity index (χ1v) is 9.46. The van der Waals surface area contributed by atoms with E-state index in [1.165, 1.54) is 18.5 Å². The smallest absolute Gasteiger partial charge is 0.351 e. The van der Waals surface area contributed by atoms with Crippen molar-refractivity contribution in [1.82, 2.24) is 15.3 Å². The highest BCUT2D eigenvalue weighted by Crippen LogP contribution is 2.62. The van der Waals surface area contributed by atoms with Crippen molar-refractivity contribution < 1.29 is 18.0 Å². The zero-order valence-electron chi connectivity index (χ0n) is 15.0. The number of nitrogens with one attached hydrogen (secondary N) is 1. The summed E-state index contributed by atoms with van der Waals surface area (Å²) in [6.07, 6.45) is -1.21. The van der Waals surface area contributed by atoms with Crippen molar-refractivity contribution in [1.29, 1.82) is 0 Å². The molecule has 0 bridgehead atoms. The van der Waals surface area contributed by atoms with E-state index in [2.05, 4.69) is 15.3 Å². The Kier molecular flexibility index (Phi) is 5.87. The number of aryl methyl sites for hydroxylation is 1. The molecule has 0 radical (unpaired) electrons. The number of carbonyl (C=O) groups excluding carboxylic acids is 1. The van der Waals surface area contributed by atoms with Gasteiger partial charge in [0.1, 0.15) is 5.82 Å². The minimum Gasteiger partial charge on any atom is -0.351 e. The second-order valence-corrected chi connectivity index (χ2v) is 7.84. The molecular weight excluding hydrogens is 414 g/mol. The van der Waals surface area contributed by atoms with Gasteiger partial charge in [0.15, 0.2) is 0 Å². The van der Waals surface area contributed by atoms with E-state index in [0.717, 1.165) is 0 Å². The summed E-state index contributed by atoms with van der Waals surface area (Å²) in [6.45, 7) is 1.70. The fourth-order valence-electron chi connectivity index (χ4n) is 3.14. The van der Waals surface area contributed by atoms with E-state index in [1.807, 2.05) is 0 Å². The molecule has 3 rings (SSSR count). The third-order valence-corrected chi connectivity index (χ3v) is 5.89. The molecule has 2 aromatic rings. The summed E-state index contributed by atoms with van der Waals surface area (Å²) in [7, 11) is 0. The van der Waals surface area contributed by atoms with Gasteiger partial charge < -0.3 is 5.32 Å². The van der Waals surface area contributed by atoms with E-state index in [1.54, 1.807) is 19.1 Å². The lowest BCUT2D eigenvalue weighted by atomic mass is 9.87. The lowest BCUT2D eigenvalue weighted by Gasteiger charge is -2.25. The van der Waals surface area contributed by atoms with Crippen LogP contribution in [0.4, 0.5) is 13.2 Å². The summed E-state index contributed by atoms with van der Waals surface area (Å²) in [6, 6.07) is 4.64. The minimum absolute atomic E-state index is 0.00588. The van der Waals surface area contributed by atoms with Gasteiger partial charge in [-0.3, -0.25) is 4.79 Å². The zero-order valence-corrected chi connectivity index (χ0v) is 16.5. The van der Waals surface area contributed by atoms with Gasteiger partial charge in [-0.25, -0.2) is 9.97 Å². The van der Waals surface area contributed by atoms with Crippen LogP contribution in [0.25, 0.3) is 0 Å². The Balaban J connectivity index is 1.78. The molecule has 1 saturated carbocycles. The molecule has 4 nitrogen and oxygen atoms in total. The maximum Gasteiger partial charge on any atom is 0.394 e. The highest BCUT2D eigenvalue weighted by molar-refractivity contribution is 6.43. The summed E-state index contributed by atoms with van der Waals surface area (Å²) in [5.74, 6) is -0.553. The zero-order chi connectivity index (χ0) is 20.5. The Bertz CT molecular complexity index is 868. The molecule has 9 heteroatoms. The van der Waals surface area contributed by atoms with Crippen LogP contribution in [0.5, 0.6) is 0 Å². The summed E-state index contributed by atoms with van der Waals surface area (Å²) < 4.78 is 40.3. The highest BCUT2D eigenvalue weighted by atomic mass is 35.5. The molecule has 1 aliphatic rings. The number of hydrogen-bond acceptors (Lipinski definition) is 3. The van der Waals surface area contributed by atoms with E-state index in [0.29, 0.717) is 11.4 Å². The number of rotatable bonds is 6. The molecule has 150 valence electrons. The van der Waals surface area contributed by atoms with Gasteiger partial charge in [0, 0.05) is 24.9 Å². The van der Waals surface area contributed by atoms with E-state index >= 15 is 0 Å². The molecule has 1 aromatic heterocycles. The molecule has 0 saturated heterocycles. The molecule has 1 N–H and O–H groups in total. The molecule has 0 aliphatic heterocycles. The van der Waals surface area contributed by atoms with Crippen LogP contribution in [0.1, 0.15) is 46.9 Å². The van der Waals surface area contributed by atoms with E-state index in [9.17, 15) is 18.0 Å². The Morgan fingerprint density at radius 3 is 2.46 bits per heavy atom. The highest BCUT2D eigenvalue weighted by Gasteiger charge is 2.63. The molecule has 1 aliphatic carbocycles. The molecular formula is C19H18Cl2F3N3O. The molecule has 1 atom stereocenters. The van der Waals surface area contributed by atoms with Gasteiger partial charge in [0.05, 0.1) is 21.0 Å². The van der Waals surface area contributed by atoms with E-state index in [-0.39, 0.29) is 41.4 Å². The van der Waals surface area contributed by atoms with Gasteiger partial charge in [-0.1, -0.05) is 29.3 Å². The van der Waals surface area contributed by atoms with Gasteiger partial charge in [0.25, 0.3) is 5.91 Å². The number of aromatic nitrogens is 2. The van der Waals surface area contributed by atoms with Crippen LogP contribution in [-0.4, -0.2) is 28.6 Å². The third-order valence-electron chi connectivity index (χ3n) is 5.07. The topological polar surface area (TPSA) is 54.9 Å². The first-order chi connectivity index (χ1) is 13.1. The quantitative estimate of drug-likeness (QED) is 0.671. The number of carbonyl (C=O) groups is 1. The molecule has 1 aromatic carbocycles. The van der Waals surface area contributed by atoms with Crippen LogP contribution in [-0.2, 0) is 0 Å². The monoisotopic (exact) mass is 431 g/mol. The molecule has 1 unspecified atom stereocenters. The van der Waals surface area contributed by atoms with Crippen LogP contribution in [0.15, 0.2) is 30.6 Å². The van der Waals surface area contributed by atoms with Gasteiger partial charge in [-0.15, -0.1) is 0 Å². The fourth-order valence-corrected chi connectivity index (χ4v) is 3.52. The first kappa shape index (κ1) is 20.9. The van der Waals surface area contributed by atoms with Gasteiger partial charge >= 0.3 is 6.18 Å². The summed E-state index contributed by atoms with van der Waals surface area (Å²) in [5, 5.41) is 3.01. The Morgan fingerprint density at radius 1 is 1.25 bits per heavy atom. The summed E-state index contributed by atoms with van der Waals surface area (Å²) in [5.41, 5.74) is -0.982. The normalized spacial score (nSPS) is 16.5. The van der Waals surface area contributed by atoms with Crippen LogP contribution < -0.4 is 5.32 Å². The fraction of sp³-hybridized carbons (Fsp3) is 0.421. The Morgan fingerprint density at radius 2 is 1.89 bits per heavy atom. The second kappa shape index (κ2) is 7.87. The maximum atomic E-state index is 13.4. The van der Waals surface area contributed by atoms with Crippen LogP contribution in [0, 0.1) is 12.3 Å². The van der Waals surface area contributed by atoms with Crippen molar-refractivity contribution in [3.8, 4) is 0 Å². The molecule has 1 amide bonds. The Labute approximate surface area is 170 Å². The van der Waals surface area contributed by atoms with Crippen molar-refractivity contribution in [2.75, 3.05) is 6.54 Å². The molecule has 28 heavy (non-hydrogen) atoms. The van der Waals surface area contributed by atoms with Gasteiger partial charge in [0.2, 0.25) is 0 Å². The van der Waals surface area contributed by atoms with Gasteiger partial charge in [-0.05, 0) is 43.9 Å². The molecule has 1 heterocycles. The molecule has 1 fully saturated rings. The minimum atomic E-state index is -4.28. The molecule has 0 spiro atoms. The predicted octanol–water partition coefficient (Wildman–Crippen LogP) is 5.34. The number of halogens is 5. The largest absolute Gasteiger partial charge is 0.394 e. The average molecular weight is 432 g/mol. The van der Waals surface area contributed by atoms with Crippen molar-refractivity contribution in [3.63, 3.8) is 0 Å². The van der Waals surface area contributed by atoms with E-state index in [4.69, 9.17) is 23.2 Å². The van der Waals surface area contributed by atoms with Crippen molar-refractivity contribution in [2.45, 2.75) is 38.3 Å². The maximum absolute atomic E-state index is 13.4. The first-order valence-electron chi connectivity index (χ1n) is 8.70. The number of nitrogens with zero attached hydrogens (tertiary/aromatic N) is 2. The van der Waals surface area contributed by atoms with Crippen molar-refractivity contribution in [3.05, 3.63) is 57.6 Å². The van der Waals surface area contributed by atoms with Crippen molar-refractivity contribution >= 4 is 29.1 Å². The average Bonchev–Trinajstić information content (AvgIpc) is 3.42. The summed E-state index contributed by atoms with van der Waals surface area (Å²) in [4.78, 5) is 20.6. The lowest BCUT2D eigenvalue weighted by molar-refractivity contribution is -0.190. The number of benzene rings is 1. The van der Waals surface area contributed by atoms with E-state index < -0.39 is 23.4 Å². The lowest BCUT2D eigenvalue weighted by Crippen LogP contribution is -2.33. The number of alkyl halides is 3. The van der Waals surface area contributed by atoms with Crippen LogP contribution in [0.2, 0.25) is 10.0 Å². The number of amides is 1. The standard InChI is InChI=1S/C19H18Cl2F3N3O/c1-11-25-9-13(10-26-11)12(7-18(5-6-18)19(22,23)24)8-27-17(28)14-3-2-4-15(20)16(14)21/h2-4,9-10,12H,5-8H2,1H3,(H,27,28). The van der Waals surface area contributed by atoms with Crippen LogP contribution in [0.3, 0.4) is 0 Å². The Hall–Kier alpha value is -1.86. The van der Waals surface area contributed by atoms with Gasteiger partial charge in [-0.2, -0.15) is 13.2 Å². The summed E-state index contributed by atoms with van der Waals surface area (Å²) >= 11 is 12.0. The predicted molar refractivity (Wildman–Crippen MR) is 101 cm³/mol.